The molecule has 4 rings (SSSR count). The van der Waals surface area contributed by atoms with Crippen molar-refractivity contribution in [3.63, 3.8) is 0 Å². The van der Waals surface area contributed by atoms with Gasteiger partial charge in [-0.15, -0.1) is 0 Å². The van der Waals surface area contributed by atoms with Crippen LogP contribution >= 0.6 is 0 Å². The van der Waals surface area contributed by atoms with Crippen molar-refractivity contribution in [2.45, 2.75) is 107 Å². The van der Waals surface area contributed by atoms with E-state index in [0.29, 0.717) is 0 Å². The fraction of sp³-hybridized carbons (Fsp3) is 0.625. The van der Waals surface area contributed by atoms with Gasteiger partial charge in [-0.2, -0.15) is 0 Å². The summed E-state index contributed by atoms with van der Waals surface area (Å²) in [6.45, 7) is 17.9. The standard InChI is InChI=1S/C8H16.C8H10.C8H16.C8H10/c2*1-7-4-3-5-8(2)6-7;2*1-7-5-3-4-6-8(7)2/h7-8H,3-6H2,1-2H3;3-6H,1-2H3;7-8H,3-6H2,1-2H3;3-6H,1-2H3. The molecule has 0 heterocycles. The molecule has 32 heavy (non-hydrogen) atoms. The summed E-state index contributed by atoms with van der Waals surface area (Å²) in [5.74, 6) is 4.03. The molecule has 4 atom stereocenters. The first-order chi connectivity index (χ1) is 15.2. The van der Waals surface area contributed by atoms with Crippen LogP contribution in [0.5, 0.6) is 0 Å². The van der Waals surface area contributed by atoms with Crippen molar-refractivity contribution in [1.82, 2.24) is 0 Å². The molecule has 0 saturated heterocycles. The summed E-state index contributed by atoms with van der Waals surface area (Å²) in [4.78, 5) is 0. The Bertz CT molecular complexity index is 672. The van der Waals surface area contributed by atoms with Gasteiger partial charge in [0.25, 0.3) is 0 Å². The molecule has 0 amide bonds. The summed E-state index contributed by atoms with van der Waals surface area (Å²) in [7, 11) is 0. The van der Waals surface area contributed by atoms with E-state index in [9.17, 15) is 0 Å². The predicted octanol–water partition coefficient (Wildman–Crippen LogP) is 10.3. The summed E-state index contributed by atoms with van der Waals surface area (Å²) < 4.78 is 0. The molecule has 0 spiro atoms. The van der Waals surface area contributed by atoms with E-state index in [2.05, 4.69) is 104 Å². The number of benzene rings is 2. The van der Waals surface area contributed by atoms with Crippen molar-refractivity contribution < 1.29 is 0 Å². The lowest BCUT2D eigenvalue weighted by atomic mass is 9.82. The van der Waals surface area contributed by atoms with E-state index in [-0.39, 0.29) is 0 Å². The lowest BCUT2D eigenvalue weighted by Gasteiger charge is -2.24. The van der Waals surface area contributed by atoms with Gasteiger partial charge in [0.15, 0.2) is 0 Å². The lowest BCUT2D eigenvalue weighted by molar-refractivity contribution is 0.277. The van der Waals surface area contributed by atoms with Crippen molar-refractivity contribution >= 4 is 0 Å². The molecule has 2 aromatic carbocycles. The van der Waals surface area contributed by atoms with E-state index in [0.717, 1.165) is 23.7 Å². The van der Waals surface area contributed by atoms with Crippen LogP contribution in [0.15, 0.2) is 48.5 Å². The van der Waals surface area contributed by atoms with Gasteiger partial charge in [0.05, 0.1) is 0 Å². The average Bonchev–Trinajstić information content (AvgIpc) is 2.74. The summed E-state index contributed by atoms with van der Waals surface area (Å²) >= 11 is 0. The summed E-state index contributed by atoms with van der Waals surface area (Å²) in [6.07, 6.45) is 11.8. The maximum Gasteiger partial charge on any atom is -0.0395 e. The molecule has 2 aliphatic carbocycles. The zero-order chi connectivity index (χ0) is 23.9. The van der Waals surface area contributed by atoms with Crippen LogP contribution in [-0.2, 0) is 0 Å². The fourth-order valence-electron chi connectivity index (χ4n) is 4.71. The van der Waals surface area contributed by atoms with E-state index >= 15 is 0 Å². The molecule has 0 bridgehead atoms. The van der Waals surface area contributed by atoms with Crippen LogP contribution in [0.2, 0.25) is 0 Å². The molecule has 0 aromatic heterocycles. The van der Waals surface area contributed by atoms with E-state index in [4.69, 9.17) is 0 Å². The van der Waals surface area contributed by atoms with E-state index in [1.165, 1.54) is 73.6 Å². The number of rotatable bonds is 0. The quantitative estimate of drug-likeness (QED) is 0.385. The highest BCUT2D eigenvalue weighted by Gasteiger charge is 2.15. The van der Waals surface area contributed by atoms with Crippen molar-refractivity contribution in [3.8, 4) is 0 Å². The largest absolute Gasteiger partial charge is 0.0625 e. The van der Waals surface area contributed by atoms with Crippen LogP contribution in [0, 0.1) is 51.4 Å². The van der Waals surface area contributed by atoms with Crippen LogP contribution in [0.1, 0.15) is 101 Å². The number of hydrogen-bond acceptors (Lipinski definition) is 0. The van der Waals surface area contributed by atoms with E-state index in [1.807, 2.05) is 0 Å². The molecule has 2 aromatic rings. The van der Waals surface area contributed by atoms with Gasteiger partial charge in [-0.05, 0) is 68.9 Å². The third kappa shape index (κ3) is 13.1. The highest BCUT2D eigenvalue weighted by molar-refractivity contribution is 5.23. The van der Waals surface area contributed by atoms with Crippen LogP contribution < -0.4 is 0 Å². The molecule has 2 saturated carbocycles. The molecule has 2 aliphatic rings. The minimum atomic E-state index is 1.00. The average molecular weight is 437 g/mol. The maximum absolute atomic E-state index is 2.38. The Morgan fingerprint density at radius 1 is 0.531 bits per heavy atom. The number of hydrogen-bond donors (Lipinski definition) is 0. The highest BCUT2D eigenvalue weighted by Crippen LogP contribution is 2.28. The van der Waals surface area contributed by atoms with Crippen LogP contribution in [0.4, 0.5) is 0 Å². The van der Waals surface area contributed by atoms with Gasteiger partial charge >= 0.3 is 0 Å². The monoisotopic (exact) mass is 436 g/mol. The first-order valence-corrected chi connectivity index (χ1v) is 13.2. The van der Waals surface area contributed by atoms with Crippen LogP contribution in [0.3, 0.4) is 0 Å². The lowest BCUT2D eigenvalue weighted by Crippen LogP contribution is -2.12. The Morgan fingerprint density at radius 2 is 0.969 bits per heavy atom. The smallest absolute Gasteiger partial charge is 0.0395 e. The van der Waals surface area contributed by atoms with Crippen LogP contribution in [-0.4, -0.2) is 0 Å². The van der Waals surface area contributed by atoms with Gasteiger partial charge in [-0.1, -0.05) is 132 Å². The third-order valence-electron chi connectivity index (χ3n) is 7.34. The van der Waals surface area contributed by atoms with Crippen molar-refractivity contribution in [3.05, 3.63) is 70.8 Å². The van der Waals surface area contributed by atoms with Crippen molar-refractivity contribution in [2.75, 3.05) is 0 Å². The van der Waals surface area contributed by atoms with Gasteiger partial charge in [-0.25, -0.2) is 0 Å². The maximum atomic E-state index is 2.38. The molecule has 180 valence electrons. The molecule has 0 aliphatic heterocycles. The Balaban J connectivity index is 0.000000213. The summed E-state index contributed by atoms with van der Waals surface area (Å²) in [6, 6.07) is 16.8. The van der Waals surface area contributed by atoms with Crippen molar-refractivity contribution in [2.24, 2.45) is 23.7 Å². The van der Waals surface area contributed by atoms with Gasteiger partial charge in [-0.3, -0.25) is 0 Å². The minimum absolute atomic E-state index is 1.00. The van der Waals surface area contributed by atoms with Gasteiger partial charge < -0.3 is 0 Å². The zero-order valence-corrected chi connectivity index (χ0v) is 22.6. The van der Waals surface area contributed by atoms with Crippen LogP contribution in [0.25, 0.3) is 0 Å². The second-order valence-electron chi connectivity index (χ2n) is 10.9. The second-order valence-corrected chi connectivity index (χ2v) is 10.9. The molecule has 0 radical (unpaired) electrons. The molecule has 2 fully saturated rings. The summed E-state index contributed by atoms with van der Waals surface area (Å²) in [5.41, 5.74) is 5.41. The highest BCUT2D eigenvalue weighted by atomic mass is 14.2. The van der Waals surface area contributed by atoms with Gasteiger partial charge in [0.1, 0.15) is 0 Å². The predicted molar refractivity (Wildman–Crippen MR) is 145 cm³/mol. The summed E-state index contributed by atoms with van der Waals surface area (Å²) in [5, 5.41) is 0. The molecule has 0 N–H and O–H groups in total. The SMILES string of the molecule is CC1CCCC(C)C1.CC1CCCCC1C.Cc1cccc(C)c1.Cc1ccccc1C. The Morgan fingerprint density at radius 3 is 1.22 bits per heavy atom. The zero-order valence-electron chi connectivity index (χ0n) is 22.6. The minimum Gasteiger partial charge on any atom is -0.0625 e. The Hall–Kier alpha value is -1.56. The Kier molecular flexibility index (Phi) is 14.3. The third-order valence-corrected chi connectivity index (χ3v) is 7.34. The fourth-order valence-corrected chi connectivity index (χ4v) is 4.71. The first kappa shape index (κ1) is 28.5. The Labute approximate surface area is 201 Å². The van der Waals surface area contributed by atoms with E-state index < -0.39 is 0 Å². The van der Waals surface area contributed by atoms with Gasteiger partial charge in [0.2, 0.25) is 0 Å². The first-order valence-electron chi connectivity index (χ1n) is 13.2. The molecular weight excluding hydrogens is 384 g/mol. The van der Waals surface area contributed by atoms with E-state index in [1.54, 1.807) is 0 Å². The normalized spacial score (nSPS) is 24.5. The molecule has 0 heteroatoms. The second kappa shape index (κ2) is 16.1. The van der Waals surface area contributed by atoms with Crippen molar-refractivity contribution in [1.29, 1.82) is 0 Å². The molecular formula is C32H52. The molecule has 4 unspecified atom stereocenters. The topological polar surface area (TPSA) is 0 Å². The number of aryl methyl sites for hydroxylation is 4. The molecule has 0 nitrogen and oxygen atoms in total. The van der Waals surface area contributed by atoms with Gasteiger partial charge in [0, 0.05) is 0 Å².